The third-order valence-electron chi connectivity index (χ3n) is 4.28. The van der Waals surface area contributed by atoms with Crippen molar-refractivity contribution in [3.05, 3.63) is 69.9 Å². The standard InChI is InChI=1S/C20H16N2O3S2/c1-24-17-8-3-5-12-9-15(19(23)25-18(12)17)16-11-22(20(26)21-16)13-6-4-7-14(10-13)27-2/h3-11H,1-2H3,(H,21,26). The summed E-state index contributed by atoms with van der Waals surface area (Å²) in [6.45, 7) is 0. The van der Waals surface area contributed by atoms with Crippen LogP contribution in [0.1, 0.15) is 0 Å². The zero-order valence-electron chi connectivity index (χ0n) is 14.7. The summed E-state index contributed by atoms with van der Waals surface area (Å²) in [6, 6.07) is 15.3. The molecule has 0 aliphatic heterocycles. The summed E-state index contributed by atoms with van der Waals surface area (Å²) in [7, 11) is 1.54. The summed E-state index contributed by atoms with van der Waals surface area (Å²) >= 11 is 7.12. The average Bonchev–Trinajstić information content (AvgIpc) is 3.08. The molecule has 5 nitrogen and oxygen atoms in total. The zero-order chi connectivity index (χ0) is 19.0. The van der Waals surface area contributed by atoms with Crippen molar-refractivity contribution < 1.29 is 9.15 Å². The van der Waals surface area contributed by atoms with Crippen LogP contribution in [-0.4, -0.2) is 22.9 Å². The van der Waals surface area contributed by atoms with Gasteiger partial charge in [0, 0.05) is 22.2 Å². The van der Waals surface area contributed by atoms with Crippen LogP contribution < -0.4 is 10.4 Å². The first-order valence-corrected chi connectivity index (χ1v) is 9.81. The number of fused-ring (bicyclic) bond motifs is 1. The van der Waals surface area contributed by atoms with Crippen molar-refractivity contribution >= 4 is 34.9 Å². The Bertz CT molecular complexity index is 1250. The van der Waals surface area contributed by atoms with Gasteiger partial charge in [0.25, 0.3) is 0 Å². The van der Waals surface area contributed by atoms with E-state index >= 15 is 0 Å². The molecule has 4 aromatic rings. The van der Waals surface area contributed by atoms with Crippen LogP contribution in [0.3, 0.4) is 0 Å². The molecule has 0 fully saturated rings. The molecule has 0 bridgehead atoms. The highest BCUT2D eigenvalue weighted by atomic mass is 32.2. The summed E-state index contributed by atoms with van der Waals surface area (Å²) in [5.74, 6) is 0.524. The van der Waals surface area contributed by atoms with Crippen LogP contribution >= 0.6 is 24.0 Å². The minimum absolute atomic E-state index is 0.418. The van der Waals surface area contributed by atoms with Gasteiger partial charge in [-0.15, -0.1) is 11.8 Å². The van der Waals surface area contributed by atoms with Crippen LogP contribution in [0.5, 0.6) is 5.75 Å². The Morgan fingerprint density at radius 3 is 2.78 bits per heavy atom. The van der Waals surface area contributed by atoms with Crippen LogP contribution in [0.25, 0.3) is 27.9 Å². The highest BCUT2D eigenvalue weighted by molar-refractivity contribution is 7.98. The highest BCUT2D eigenvalue weighted by Crippen LogP contribution is 2.27. The first-order chi connectivity index (χ1) is 13.1. The van der Waals surface area contributed by atoms with E-state index in [2.05, 4.69) is 4.98 Å². The van der Waals surface area contributed by atoms with Crippen molar-refractivity contribution in [3.63, 3.8) is 0 Å². The second kappa shape index (κ2) is 7.09. The van der Waals surface area contributed by atoms with Gasteiger partial charge in [-0.3, -0.25) is 4.57 Å². The number of thioether (sulfide) groups is 1. The largest absolute Gasteiger partial charge is 0.493 e. The van der Waals surface area contributed by atoms with Crippen LogP contribution in [0.15, 0.2) is 68.8 Å². The maximum absolute atomic E-state index is 12.6. The second-order valence-corrected chi connectivity index (χ2v) is 7.14. The quantitative estimate of drug-likeness (QED) is 0.297. The van der Waals surface area contributed by atoms with E-state index in [-0.39, 0.29) is 0 Å². The maximum Gasteiger partial charge on any atom is 0.345 e. The molecule has 0 amide bonds. The topological polar surface area (TPSA) is 60.2 Å². The fraction of sp³-hybridized carbons (Fsp3) is 0.100. The third-order valence-corrected chi connectivity index (χ3v) is 5.31. The molecule has 2 aromatic heterocycles. The van der Waals surface area contributed by atoms with Crippen molar-refractivity contribution in [1.82, 2.24) is 9.55 Å². The Labute approximate surface area is 164 Å². The molecule has 0 saturated carbocycles. The fourth-order valence-corrected chi connectivity index (χ4v) is 3.67. The number of aromatic nitrogens is 2. The first kappa shape index (κ1) is 17.6. The van der Waals surface area contributed by atoms with Gasteiger partial charge in [-0.05, 0) is 48.8 Å². The van der Waals surface area contributed by atoms with E-state index in [1.165, 1.54) is 0 Å². The van der Waals surface area contributed by atoms with Gasteiger partial charge in [0.2, 0.25) is 0 Å². The number of hydrogen-bond acceptors (Lipinski definition) is 5. The Kier molecular flexibility index (Phi) is 4.63. The molecule has 1 N–H and O–H groups in total. The molecule has 27 heavy (non-hydrogen) atoms. The fourth-order valence-electron chi connectivity index (χ4n) is 2.95. The normalized spacial score (nSPS) is 11.0. The maximum atomic E-state index is 12.6. The lowest BCUT2D eigenvalue weighted by Crippen LogP contribution is -2.03. The summed E-state index contributed by atoms with van der Waals surface area (Å²) < 4.78 is 13.1. The Morgan fingerprint density at radius 1 is 1.19 bits per heavy atom. The Morgan fingerprint density at radius 2 is 2.00 bits per heavy atom. The number of benzene rings is 2. The molecule has 4 rings (SSSR count). The lowest BCUT2D eigenvalue weighted by atomic mass is 10.1. The molecule has 0 atom stereocenters. The van der Waals surface area contributed by atoms with Crippen LogP contribution in [0, 0.1) is 4.77 Å². The van der Waals surface area contributed by atoms with E-state index in [1.54, 1.807) is 31.0 Å². The summed E-state index contributed by atoms with van der Waals surface area (Å²) in [5.41, 5.74) is 1.93. The predicted molar refractivity (Wildman–Crippen MR) is 111 cm³/mol. The smallest absolute Gasteiger partial charge is 0.345 e. The molecule has 0 aliphatic carbocycles. The van der Waals surface area contributed by atoms with E-state index in [4.69, 9.17) is 21.4 Å². The number of hydrogen-bond donors (Lipinski definition) is 1. The number of nitrogens with zero attached hydrogens (tertiary/aromatic N) is 1. The van der Waals surface area contributed by atoms with E-state index in [9.17, 15) is 4.79 Å². The SMILES string of the molecule is COc1cccc2cc(-c3cn(-c4cccc(SC)c4)c(=S)[nH]3)c(=O)oc12. The van der Waals surface area contributed by atoms with E-state index in [0.29, 0.717) is 27.4 Å². The Hall–Kier alpha value is -2.77. The minimum atomic E-state index is -0.451. The summed E-state index contributed by atoms with van der Waals surface area (Å²) in [5, 5.41) is 0.778. The van der Waals surface area contributed by atoms with Gasteiger partial charge in [0.1, 0.15) is 0 Å². The number of para-hydroxylation sites is 1. The third kappa shape index (κ3) is 3.20. The number of nitrogens with one attached hydrogen (secondary N) is 1. The van der Waals surface area contributed by atoms with E-state index < -0.39 is 5.63 Å². The van der Waals surface area contributed by atoms with Gasteiger partial charge in [0.05, 0.1) is 18.4 Å². The van der Waals surface area contributed by atoms with Gasteiger partial charge in [-0.25, -0.2) is 4.79 Å². The zero-order valence-corrected chi connectivity index (χ0v) is 16.3. The lowest BCUT2D eigenvalue weighted by Gasteiger charge is -2.05. The van der Waals surface area contributed by atoms with Crippen LogP contribution in [0.4, 0.5) is 0 Å². The molecular weight excluding hydrogens is 380 g/mol. The molecule has 0 radical (unpaired) electrons. The van der Waals surface area contributed by atoms with Crippen molar-refractivity contribution in [2.24, 2.45) is 0 Å². The molecule has 0 saturated heterocycles. The van der Waals surface area contributed by atoms with Gasteiger partial charge < -0.3 is 14.1 Å². The van der Waals surface area contributed by atoms with E-state index in [1.807, 2.05) is 53.4 Å². The number of methoxy groups -OCH3 is 1. The van der Waals surface area contributed by atoms with E-state index in [0.717, 1.165) is 16.0 Å². The first-order valence-electron chi connectivity index (χ1n) is 8.18. The summed E-state index contributed by atoms with van der Waals surface area (Å²) in [4.78, 5) is 16.8. The molecular formula is C20H16N2O3S2. The van der Waals surface area contributed by atoms with Gasteiger partial charge in [0.15, 0.2) is 16.1 Å². The molecule has 0 aliphatic rings. The molecule has 7 heteroatoms. The van der Waals surface area contributed by atoms with Crippen LogP contribution in [-0.2, 0) is 0 Å². The molecule has 136 valence electrons. The number of ether oxygens (including phenoxy) is 1. The number of aromatic amines is 1. The number of H-pyrrole nitrogens is 1. The predicted octanol–water partition coefficient (Wildman–Crippen LogP) is 5.04. The van der Waals surface area contributed by atoms with Crippen molar-refractivity contribution in [1.29, 1.82) is 0 Å². The lowest BCUT2D eigenvalue weighted by molar-refractivity contribution is 0.407. The van der Waals surface area contributed by atoms with Crippen LogP contribution in [0.2, 0.25) is 0 Å². The molecule has 0 spiro atoms. The minimum Gasteiger partial charge on any atom is -0.493 e. The monoisotopic (exact) mass is 396 g/mol. The van der Waals surface area contributed by atoms with Crippen molar-refractivity contribution in [2.75, 3.05) is 13.4 Å². The van der Waals surface area contributed by atoms with Gasteiger partial charge in [-0.2, -0.15) is 0 Å². The summed E-state index contributed by atoms with van der Waals surface area (Å²) in [6.07, 6.45) is 3.84. The molecule has 2 aromatic carbocycles. The number of rotatable bonds is 4. The molecule has 2 heterocycles. The highest BCUT2D eigenvalue weighted by Gasteiger charge is 2.13. The second-order valence-electron chi connectivity index (χ2n) is 5.87. The molecule has 0 unspecified atom stereocenters. The number of imidazole rings is 1. The van der Waals surface area contributed by atoms with Gasteiger partial charge in [-0.1, -0.05) is 18.2 Å². The van der Waals surface area contributed by atoms with Crippen molar-refractivity contribution in [3.8, 4) is 22.7 Å². The Balaban J connectivity index is 1.86. The van der Waals surface area contributed by atoms with Gasteiger partial charge >= 0.3 is 5.63 Å². The average molecular weight is 396 g/mol. The van der Waals surface area contributed by atoms with Crippen molar-refractivity contribution in [2.45, 2.75) is 4.90 Å².